The molecule has 2 aromatic carbocycles. The van der Waals surface area contributed by atoms with Crippen molar-refractivity contribution in [1.82, 2.24) is 0 Å². The number of benzene rings is 2. The molecule has 1 N–H and O–H groups in total. The van der Waals surface area contributed by atoms with E-state index < -0.39 is 18.5 Å². The molecule has 0 saturated heterocycles. The van der Waals surface area contributed by atoms with E-state index in [4.69, 9.17) is 16.3 Å². The molecule has 1 amide bonds. The van der Waals surface area contributed by atoms with Crippen LogP contribution in [0.5, 0.6) is 0 Å². The molecule has 0 fully saturated rings. The van der Waals surface area contributed by atoms with Gasteiger partial charge in [0, 0.05) is 16.1 Å². The van der Waals surface area contributed by atoms with Gasteiger partial charge in [0.05, 0.1) is 10.8 Å². The summed E-state index contributed by atoms with van der Waals surface area (Å²) in [6.45, 7) is 1.05. The third-order valence-electron chi connectivity index (χ3n) is 3.10. The zero-order valence-electron chi connectivity index (χ0n) is 13.5. The number of Topliss-reactive ketones (excluding diaryl/α,β-unsaturated/α-hetero) is 1. The van der Waals surface area contributed by atoms with Gasteiger partial charge in [-0.15, -0.1) is 11.8 Å². The second-order valence-corrected chi connectivity index (χ2v) is 6.49. The van der Waals surface area contributed by atoms with Crippen LogP contribution in [0.4, 0.5) is 5.69 Å². The maximum atomic E-state index is 11.8. The number of rotatable bonds is 7. The molecule has 0 spiro atoms. The lowest BCUT2D eigenvalue weighted by molar-refractivity contribution is -0.144. The van der Waals surface area contributed by atoms with Crippen LogP contribution in [0.25, 0.3) is 0 Å². The molecule has 0 bridgehead atoms. The van der Waals surface area contributed by atoms with Gasteiger partial charge < -0.3 is 10.1 Å². The summed E-state index contributed by atoms with van der Waals surface area (Å²) in [6, 6.07) is 13.7. The Morgan fingerprint density at radius 3 is 2.60 bits per heavy atom. The molecule has 2 aromatic rings. The van der Waals surface area contributed by atoms with Gasteiger partial charge in [0.2, 0.25) is 0 Å². The summed E-state index contributed by atoms with van der Waals surface area (Å²) >= 11 is 7.24. The number of nitrogens with one attached hydrogen (secondary N) is 1. The van der Waals surface area contributed by atoms with Gasteiger partial charge in [-0.05, 0) is 31.2 Å². The van der Waals surface area contributed by atoms with E-state index in [1.807, 2.05) is 6.07 Å². The lowest BCUT2D eigenvalue weighted by Crippen LogP contribution is -2.21. The number of amides is 1. The Morgan fingerprint density at radius 1 is 1.12 bits per heavy atom. The Bertz CT molecular complexity index is 794. The van der Waals surface area contributed by atoms with Crippen molar-refractivity contribution in [3.05, 3.63) is 59.1 Å². The molecule has 7 heteroatoms. The van der Waals surface area contributed by atoms with Crippen molar-refractivity contribution in [3.63, 3.8) is 0 Å². The minimum Gasteiger partial charge on any atom is -0.455 e. The monoisotopic (exact) mass is 377 g/mol. The predicted octanol–water partition coefficient (Wildman–Crippen LogP) is 3.82. The van der Waals surface area contributed by atoms with Crippen LogP contribution in [-0.4, -0.2) is 30.0 Å². The highest BCUT2D eigenvalue weighted by atomic mass is 35.5. The van der Waals surface area contributed by atoms with Crippen LogP contribution >= 0.6 is 23.4 Å². The Balaban J connectivity index is 1.78. The minimum atomic E-state index is -0.516. The Hall–Kier alpha value is -2.31. The van der Waals surface area contributed by atoms with Crippen molar-refractivity contribution in [2.75, 3.05) is 17.7 Å². The zero-order chi connectivity index (χ0) is 18.2. The van der Waals surface area contributed by atoms with E-state index in [1.54, 1.807) is 42.5 Å². The van der Waals surface area contributed by atoms with Crippen molar-refractivity contribution in [2.45, 2.75) is 11.8 Å². The normalized spacial score (nSPS) is 10.2. The SMILES string of the molecule is CC(=O)c1cccc(NC(=O)COC(=O)CSc2ccccc2Cl)c1. The van der Waals surface area contributed by atoms with E-state index in [2.05, 4.69) is 5.32 Å². The highest BCUT2D eigenvalue weighted by molar-refractivity contribution is 8.00. The first kappa shape index (κ1) is 19.0. The molecule has 5 nitrogen and oxygen atoms in total. The fraction of sp³-hybridized carbons (Fsp3) is 0.167. The number of hydrogen-bond donors (Lipinski definition) is 1. The predicted molar refractivity (Wildman–Crippen MR) is 98.2 cm³/mol. The zero-order valence-corrected chi connectivity index (χ0v) is 15.0. The summed E-state index contributed by atoms with van der Waals surface area (Å²) in [5.74, 6) is -1.04. The van der Waals surface area contributed by atoms with Crippen molar-refractivity contribution in [3.8, 4) is 0 Å². The van der Waals surface area contributed by atoms with E-state index in [0.717, 1.165) is 4.90 Å². The molecule has 2 rings (SSSR count). The smallest absolute Gasteiger partial charge is 0.316 e. The van der Waals surface area contributed by atoms with Gasteiger partial charge in [-0.1, -0.05) is 35.9 Å². The van der Waals surface area contributed by atoms with Gasteiger partial charge in [0.1, 0.15) is 0 Å². The summed E-state index contributed by atoms with van der Waals surface area (Å²) in [7, 11) is 0. The van der Waals surface area contributed by atoms with Crippen molar-refractivity contribution >= 4 is 46.7 Å². The van der Waals surface area contributed by atoms with Crippen molar-refractivity contribution in [1.29, 1.82) is 0 Å². The van der Waals surface area contributed by atoms with Gasteiger partial charge in [0.25, 0.3) is 5.91 Å². The van der Waals surface area contributed by atoms with E-state index >= 15 is 0 Å². The highest BCUT2D eigenvalue weighted by Gasteiger charge is 2.10. The summed E-state index contributed by atoms with van der Waals surface area (Å²) in [5.41, 5.74) is 0.963. The Morgan fingerprint density at radius 2 is 1.88 bits per heavy atom. The number of carbonyl (C=O) groups excluding carboxylic acids is 3. The molecular formula is C18H16ClNO4S. The molecular weight excluding hydrogens is 362 g/mol. The van der Waals surface area contributed by atoms with Gasteiger partial charge in [-0.25, -0.2) is 0 Å². The molecule has 0 aromatic heterocycles. The van der Waals surface area contributed by atoms with E-state index in [9.17, 15) is 14.4 Å². The number of halogens is 1. The van der Waals surface area contributed by atoms with E-state index in [1.165, 1.54) is 18.7 Å². The van der Waals surface area contributed by atoms with E-state index in [-0.39, 0.29) is 11.5 Å². The first-order chi connectivity index (χ1) is 12.0. The van der Waals surface area contributed by atoms with Crippen LogP contribution in [0, 0.1) is 0 Å². The number of hydrogen-bond acceptors (Lipinski definition) is 5. The largest absolute Gasteiger partial charge is 0.455 e. The number of thioether (sulfide) groups is 1. The maximum absolute atomic E-state index is 11.8. The number of ether oxygens (including phenoxy) is 1. The highest BCUT2D eigenvalue weighted by Crippen LogP contribution is 2.26. The number of esters is 1. The molecule has 0 unspecified atom stereocenters. The molecule has 0 aliphatic carbocycles. The van der Waals surface area contributed by atoms with Crippen LogP contribution in [0.1, 0.15) is 17.3 Å². The fourth-order valence-electron chi connectivity index (χ4n) is 1.90. The van der Waals surface area contributed by atoms with Gasteiger partial charge in [-0.2, -0.15) is 0 Å². The third-order valence-corrected chi connectivity index (χ3v) is 4.59. The molecule has 0 saturated carbocycles. The lowest BCUT2D eigenvalue weighted by atomic mass is 10.1. The van der Waals surface area contributed by atoms with Crippen LogP contribution in [-0.2, 0) is 14.3 Å². The second kappa shape index (κ2) is 9.25. The van der Waals surface area contributed by atoms with Gasteiger partial charge in [-0.3, -0.25) is 14.4 Å². The number of anilines is 1. The van der Waals surface area contributed by atoms with Crippen LogP contribution in [0.3, 0.4) is 0 Å². The molecule has 0 aliphatic rings. The average Bonchev–Trinajstić information content (AvgIpc) is 2.59. The van der Waals surface area contributed by atoms with Crippen LogP contribution in [0.15, 0.2) is 53.4 Å². The first-order valence-corrected chi connectivity index (χ1v) is 8.76. The third kappa shape index (κ3) is 6.25. The molecule has 0 heterocycles. The fourth-order valence-corrected chi connectivity index (χ4v) is 2.94. The topological polar surface area (TPSA) is 72.5 Å². The van der Waals surface area contributed by atoms with Crippen molar-refractivity contribution in [2.24, 2.45) is 0 Å². The molecule has 130 valence electrons. The first-order valence-electron chi connectivity index (χ1n) is 7.39. The van der Waals surface area contributed by atoms with E-state index in [0.29, 0.717) is 16.3 Å². The lowest BCUT2D eigenvalue weighted by Gasteiger charge is -2.08. The average molecular weight is 378 g/mol. The maximum Gasteiger partial charge on any atom is 0.316 e. The van der Waals surface area contributed by atoms with Gasteiger partial charge >= 0.3 is 5.97 Å². The number of carbonyl (C=O) groups is 3. The van der Waals surface area contributed by atoms with Crippen molar-refractivity contribution < 1.29 is 19.1 Å². The quantitative estimate of drug-likeness (QED) is 0.451. The Kier molecular flexibility index (Phi) is 7.03. The molecule has 25 heavy (non-hydrogen) atoms. The number of ketones is 1. The Labute approximate surface area is 154 Å². The van der Waals surface area contributed by atoms with Gasteiger partial charge in [0.15, 0.2) is 12.4 Å². The molecule has 0 aliphatic heterocycles. The van der Waals surface area contributed by atoms with Crippen LogP contribution < -0.4 is 5.32 Å². The molecule has 0 radical (unpaired) electrons. The molecule has 0 atom stereocenters. The summed E-state index contributed by atoms with van der Waals surface area (Å²) < 4.78 is 4.93. The minimum absolute atomic E-state index is 0.0524. The second-order valence-electron chi connectivity index (χ2n) is 5.06. The summed E-state index contributed by atoms with van der Waals surface area (Å²) in [5, 5.41) is 3.14. The summed E-state index contributed by atoms with van der Waals surface area (Å²) in [4.78, 5) is 35.6. The standard InChI is InChI=1S/C18H16ClNO4S/c1-12(21)13-5-4-6-14(9-13)20-17(22)10-24-18(23)11-25-16-8-3-2-7-15(16)19/h2-9H,10-11H2,1H3,(H,20,22). The summed E-state index contributed by atoms with van der Waals surface area (Å²) in [6.07, 6.45) is 0. The van der Waals surface area contributed by atoms with Crippen LogP contribution in [0.2, 0.25) is 5.02 Å².